The Kier molecular flexibility index (Phi) is 5.44. The standard InChI is InChI=1S/C13H24N2O3/c1-9-7-10(2)11(3)15(8-9)13(18)14-6-4-5-12(16)17/h9-11H,4-8H2,1-3H3,(H,14,18)(H,16,17). The van der Waals surface area contributed by atoms with E-state index in [0.717, 1.165) is 13.0 Å². The van der Waals surface area contributed by atoms with Crippen molar-refractivity contribution >= 4 is 12.0 Å². The predicted molar refractivity (Wildman–Crippen MR) is 69.4 cm³/mol. The van der Waals surface area contributed by atoms with Crippen molar-refractivity contribution in [1.29, 1.82) is 0 Å². The fourth-order valence-corrected chi connectivity index (χ4v) is 2.52. The number of nitrogens with one attached hydrogen (secondary N) is 1. The van der Waals surface area contributed by atoms with E-state index in [4.69, 9.17) is 5.11 Å². The van der Waals surface area contributed by atoms with Gasteiger partial charge in [-0.1, -0.05) is 13.8 Å². The third kappa shape index (κ3) is 4.20. The lowest BCUT2D eigenvalue weighted by molar-refractivity contribution is -0.137. The third-order valence-corrected chi connectivity index (χ3v) is 3.70. The first-order chi connectivity index (χ1) is 8.41. The van der Waals surface area contributed by atoms with Gasteiger partial charge in [-0.25, -0.2) is 4.79 Å². The molecule has 0 saturated carbocycles. The molecule has 18 heavy (non-hydrogen) atoms. The van der Waals surface area contributed by atoms with Crippen LogP contribution in [0.25, 0.3) is 0 Å². The van der Waals surface area contributed by atoms with Crippen molar-refractivity contribution in [1.82, 2.24) is 10.2 Å². The van der Waals surface area contributed by atoms with Gasteiger partial charge in [0.15, 0.2) is 0 Å². The molecule has 1 aliphatic heterocycles. The van der Waals surface area contributed by atoms with Crippen LogP contribution in [0.4, 0.5) is 4.79 Å². The topological polar surface area (TPSA) is 69.6 Å². The van der Waals surface area contributed by atoms with Crippen LogP contribution in [0.5, 0.6) is 0 Å². The summed E-state index contributed by atoms with van der Waals surface area (Å²) >= 11 is 0. The van der Waals surface area contributed by atoms with E-state index < -0.39 is 5.97 Å². The highest BCUT2D eigenvalue weighted by atomic mass is 16.4. The van der Waals surface area contributed by atoms with Gasteiger partial charge in [-0.05, 0) is 31.6 Å². The Morgan fingerprint density at radius 3 is 2.61 bits per heavy atom. The number of hydrogen-bond donors (Lipinski definition) is 2. The summed E-state index contributed by atoms with van der Waals surface area (Å²) in [5.74, 6) is 0.220. The Morgan fingerprint density at radius 2 is 2.00 bits per heavy atom. The van der Waals surface area contributed by atoms with E-state index in [0.29, 0.717) is 24.8 Å². The molecule has 5 nitrogen and oxygen atoms in total. The number of urea groups is 1. The molecule has 0 bridgehead atoms. The number of amides is 2. The maximum Gasteiger partial charge on any atom is 0.317 e. The van der Waals surface area contributed by atoms with Gasteiger partial charge in [0.1, 0.15) is 0 Å². The number of hydrogen-bond acceptors (Lipinski definition) is 2. The van der Waals surface area contributed by atoms with Gasteiger partial charge in [-0.15, -0.1) is 0 Å². The van der Waals surface area contributed by atoms with E-state index in [9.17, 15) is 9.59 Å². The highest BCUT2D eigenvalue weighted by Crippen LogP contribution is 2.26. The second kappa shape index (κ2) is 6.61. The molecule has 1 heterocycles. The van der Waals surface area contributed by atoms with Crippen molar-refractivity contribution in [3.8, 4) is 0 Å². The molecule has 0 aromatic heterocycles. The monoisotopic (exact) mass is 256 g/mol. The number of rotatable bonds is 4. The molecule has 1 aliphatic rings. The summed E-state index contributed by atoms with van der Waals surface area (Å²) in [4.78, 5) is 24.2. The number of carbonyl (C=O) groups is 2. The van der Waals surface area contributed by atoms with E-state index in [1.165, 1.54) is 0 Å². The van der Waals surface area contributed by atoms with Gasteiger partial charge < -0.3 is 15.3 Å². The predicted octanol–water partition coefficient (Wildman–Crippen LogP) is 1.93. The molecule has 3 atom stereocenters. The largest absolute Gasteiger partial charge is 0.481 e. The summed E-state index contributed by atoms with van der Waals surface area (Å²) in [5, 5.41) is 11.3. The Labute approximate surface area is 109 Å². The molecule has 0 spiro atoms. The summed E-state index contributed by atoms with van der Waals surface area (Å²) in [6, 6.07) is 0.187. The lowest BCUT2D eigenvalue weighted by Crippen LogP contribution is -2.52. The first-order valence-corrected chi connectivity index (χ1v) is 6.68. The van der Waals surface area contributed by atoms with Crippen molar-refractivity contribution in [2.75, 3.05) is 13.1 Å². The van der Waals surface area contributed by atoms with E-state index >= 15 is 0 Å². The fourth-order valence-electron chi connectivity index (χ4n) is 2.52. The number of carbonyl (C=O) groups excluding carboxylic acids is 1. The highest BCUT2D eigenvalue weighted by molar-refractivity contribution is 5.74. The molecule has 5 heteroatoms. The third-order valence-electron chi connectivity index (χ3n) is 3.70. The minimum absolute atomic E-state index is 0.0636. The van der Waals surface area contributed by atoms with Gasteiger partial charge in [0.25, 0.3) is 0 Å². The molecule has 1 rings (SSSR count). The number of carboxylic acids is 1. The maximum absolute atomic E-state index is 12.0. The number of piperidine rings is 1. The zero-order valence-corrected chi connectivity index (χ0v) is 11.5. The molecule has 3 unspecified atom stereocenters. The Bertz CT molecular complexity index is 307. The first kappa shape index (κ1) is 14.8. The molecule has 2 N–H and O–H groups in total. The number of carboxylic acid groups (broad SMARTS) is 1. The van der Waals surface area contributed by atoms with Gasteiger partial charge in [-0.3, -0.25) is 4.79 Å². The van der Waals surface area contributed by atoms with Crippen LogP contribution in [0.2, 0.25) is 0 Å². The Hall–Kier alpha value is -1.26. The first-order valence-electron chi connectivity index (χ1n) is 6.68. The molecule has 1 fully saturated rings. The van der Waals surface area contributed by atoms with E-state index in [-0.39, 0.29) is 18.5 Å². The van der Waals surface area contributed by atoms with Gasteiger partial charge in [0, 0.05) is 25.6 Å². The van der Waals surface area contributed by atoms with E-state index in [2.05, 4.69) is 26.1 Å². The van der Waals surface area contributed by atoms with Crippen molar-refractivity contribution in [2.45, 2.75) is 46.1 Å². The minimum atomic E-state index is -0.821. The van der Waals surface area contributed by atoms with Crippen LogP contribution in [-0.2, 0) is 4.79 Å². The molecular formula is C13H24N2O3. The van der Waals surface area contributed by atoms with Crippen LogP contribution in [0.1, 0.15) is 40.0 Å². The second-order valence-corrected chi connectivity index (χ2v) is 5.44. The van der Waals surface area contributed by atoms with Crippen LogP contribution >= 0.6 is 0 Å². The van der Waals surface area contributed by atoms with Crippen molar-refractivity contribution in [2.24, 2.45) is 11.8 Å². The lowest BCUT2D eigenvalue weighted by Gasteiger charge is -2.41. The molecule has 104 valence electrons. The number of nitrogens with zero attached hydrogens (tertiary/aromatic N) is 1. The van der Waals surface area contributed by atoms with Crippen LogP contribution < -0.4 is 5.32 Å². The molecular weight excluding hydrogens is 232 g/mol. The van der Waals surface area contributed by atoms with Gasteiger partial charge in [0.05, 0.1) is 0 Å². The van der Waals surface area contributed by atoms with E-state index in [1.807, 2.05) is 4.90 Å². The molecule has 0 radical (unpaired) electrons. The highest BCUT2D eigenvalue weighted by Gasteiger charge is 2.31. The van der Waals surface area contributed by atoms with Crippen LogP contribution in [0, 0.1) is 11.8 Å². The Morgan fingerprint density at radius 1 is 1.33 bits per heavy atom. The normalized spacial score (nSPS) is 27.9. The quantitative estimate of drug-likeness (QED) is 0.755. The van der Waals surface area contributed by atoms with Crippen LogP contribution in [0.15, 0.2) is 0 Å². The van der Waals surface area contributed by atoms with E-state index in [1.54, 1.807) is 0 Å². The van der Waals surface area contributed by atoms with Crippen LogP contribution in [0.3, 0.4) is 0 Å². The van der Waals surface area contributed by atoms with Gasteiger partial charge in [0.2, 0.25) is 0 Å². The summed E-state index contributed by atoms with van der Waals surface area (Å²) in [6.07, 6.45) is 1.74. The summed E-state index contributed by atoms with van der Waals surface area (Å²) in [7, 11) is 0. The summed E-state index contributed by atoms with van der Waals surface area (Å²) < 4.78 is 0. The average Bonchev–Trinajstić information content (AvgIpc) is 2.28. The zero-order valence-electron chi connectivity index (χ0n) is 11.5. The fraction of sp³-hybridized carbons (Fsp3) is 0.846. The Balaban J connectivity index is 2.37. The van der Waals surface area contributed by atoms with Gasteiger partial charge >= 0.3 is 12.0 Å². The lowest BCUT2D eigenvalue weighted by atomic mass is 9.86. The number of aliphatic carboxylic acids is 1. The average molecular weight is 256 g/mol. The van der Waals surface area contributed by atoms with Crippen molar-refractivity contribution in [3.05, 3.63) is 0 Å². The van der Waals surface area contributed by atoms with Crippen molar-refractivity contribution in [3.63, 3.8) is 0 Å². The minimum Gasteiger partial charge on any atom is -0.481 e. The second-order valence-electron chi connectivity index (χ2n) is 5.44. The smallest absolute Gasteiger partial charge is 0.317 e. The molecule has 0 aromatic carbocycles. The molecule has 0 aliphatic carbocycles. The molecule has 0 aromatic rings. The van der Waals surface area contributed by atoms with Crippen LogP contribution in [-0.4, -0.2) is 41.1 Å². The number of likely N-dealkylation sites (tertiary alicyclic amines) is 1. The summed E-state index contributed by atoms with van der Waals surface area (Å²) in [6.45, 7) is 7.62. The van der Waals surface area contributed by atoms with Gasteiger partial charge in [-0.2, -0.15) is 0 Å². The summed E-state index contributed by atoms with van der Waals surface area (Å²) in [5.41, 5.74) is 0. The van der Waals surface area contributed by atoms with Crippen molar-refractivity contribution < 1.29 is 14.7 Å². The maximum atomic E-state index is 12.0. The SMILES string of the molecule is CC1CC(C)C(C)N(C(=O)NCCCC(=O)O)C1. The molecule has 1 saturated heterocycles. The molecule has 2 amide bonds. The zero-order chi connectivity index (χ0) is 13.7.